The topological polar surface area (TPSA) is 40.5 Å². The van der Waals surface area contributed by atoms with Gasteiger partial charge in [0.2, 0.25) is 0 Å². The van der Waals surface area contributed by atoms with E-state index in [0.29, 0.717) is 0 Å². The number of carboxylic acid groups (broad SMARTS) is 1. The third kappa shape index (κ3) is 2.03. The molecule has 1 atom stereocenters. The van der Waals surface area contributed by atoms with Crippen molar-refractivity contribution in [2.75, 3.05) is 19.0 Å². The third-order valence-electron chi connectivity index (χ3n) is 3.27. The van der Waals surface area contributed by atoms with Gasteiger partial charge in [0.25, 0.3) is 0 Å². The van der Waals surface area contributed by atoms with E-state index in [4.69, 9.17) is 5.11 Å². The number of hydrogen-bond acceptors (Lipinski definition) is 2. The molecule has 1 N–H and O–H groups in total. The lowest BCUT2D eigenvalue weighted by Gasteiger charge is -2.15. The van der Waals surface area contributed by atoms with E-state index in [2.05, 4.69) is 23.1 Å². The second-order valence-electron chi connectivity index (χ2n) is 4.61. The molecule has 0 bridgehead atoms. The summed E-state index contributed by atoms with van der Waals surface area (Å²) < 4.78 is 0. The molecule has 0 aromatic heterocycles. The van der Waals surface area contributed by atoms with Gasteiger partial charge in [-0.05, 0) is 42.0 Å². The number of benzene rings is 1. The molecule has 1 aromatic rings. The van der Waals surface area contributed by atoms with Gasteiger partial charge >= 0.3 is 5.97 Å². The first-order valence-electron chi connectivity index (χ1n) is 5.60. The third-order valence-corrected chi connectivity index (χ3v) is 3.27. The summed E-state index contributed by atoms with van der Waals surface area (Å²) in [5.41, 5.74) is 3.74. The smallest absolute Gasteiger partial charge is 0.303 e. The van der Waals surface area contributed by atoms with Gasteiger partial charge in [-0.25, -0.2) is 0 Å². The molecule has 2 rings (SSSR count). The van der Waals surface area contributed by atoms with Gasteiger partial charge in [0.1, 0.15) is 0 Å². The summed E-state index contributed by atoms with van der Waals surface area (Å²) in [6, 6.07) is 6.33. The zero-order valence-electron chi connectivity index (χ0n) is 9.73. The van der Waals surface area contributed by atoms with Crippen molar-refractivity contribution in [3.63, 3.8) is 0 Å². The lowest BCUT2D eigenvalue weighted by Crippen LogP contribution is -2.09. The first-order chi connectivity index (χ1) is 7.58. The van der Waals surface area contributed by atoms with Crippen LogP contribution in [0.2, 0.25) is 0 Å². The van der Waals surface area contributed by atoms with Crippen LogP contribution in [0, 0.1) is 0 Å². The van der Waals surface area contributed by atoms with Crippen LogP contribution in [-0.4, -0.2) is 25.2 Å². The van der Waals surface area contributed by atoms with Crippen LogP contribution in [0.1, 0.15) is 29.9 Å². The van der Waals surface area contributed by atoms with Crippen molar-refractivity contribution < 1.29 is 9.90 Å². The van der Waals surface area contributed by atoms with Crippen LogP contribution < -0.4 is 4.90 Å². The Bertz CT molecular complexity index is 412. The highest BCUT2D eigenvalue weighted by atomic mass is 16.4. The van der Waals surface area contributed by atoms with Crippen molar-refractivity contribution in [2.45, 2.75) is 25.2 Å². The molecule has 0 spiro atoms. The lowest BCUT2D eigenvalue weighted by atomic mass is 9.98. The average Bonchev–Trinajstić information content (AvgIpc) is 2.60. The Morgan fingerprint density at radius 3 is 2.88 bits per heavy atom. The summed E-state index contributed by atoms with van der Waals surface area (Å²) in [4.78, 5) is 12.8. The van der Waals surface area contributed by atoms with Gasteiger partial charge < -0.3 is 10.0 Å². The zero-order chi connectivity index (χ0) is 11.7. The number of fused-ring (bicyclic) bond motifs is 1. The molecule has 0 fully saturated rings. The molecule has 1 aliphatic rings. The maximum atomic E-state index is 10.7. The molecular formula is C13H17NO2. The Kier molecular flexibility index (Phi) is 2.86. The number of hydrogen-bond donors (Lipinski definition) is 1. The van der Waals surface area contributed by atoms with Gasteiger partial charge in [0, 0.05) is 19.8 Å². The molecule has 0 saturated carbocycles. The van der Waals surface area contributed by atoms with Crippen molar-refractivity contribution in [3.8, 4) is 0 Å². The van der Waals surface area contributed by atoms with Crippen molar-refractivity contribution >= 4 is 11.7 Å². The Morgan fingerprint density at radius 1 is 1.50 bits per heavy atom. The molecule has 0 heterocycles. The summed E-state index contributed by atoms with van der Waals surface area (Å²) in [6.45, 7) is 0. The van der Waals surface area contributed by atoms with Gasteiger partial charge in [0.15, 0.2) is 0 Å². The number of rotatable bonds is 3. The van der Waals surface area contributed by atoms with E-state index < -0.39 is 5.97 Å². The molecule has 1 unspecified atom stereocenters. The molecule has 0 amide bonds. The molecule has 0 radical (unpaired) electrons. The minimum atomic E-state index is -0.700. The zero-order valence-corrected chi connectivity index (χ0v) is 9.73. The average molecular weight is 219 g/mol. The normalized spacial score (nSPS) is 18.2. The quantitative estimate of drug-likeness (QED) is 0.847. The molecule has 16 heavy (non-hydrogen) atoms. The van der Waals surface area contributed by atoms with E-state index in [-0.39, 0.29) is 12.3 Å². The predicted molar refractivity (Wildman–Crippen MR) is 64.1 cm³/mol. The van der Waals surface area contributed by atoms with Crippen LogP contribution in [0.3, 0.4) is 0 Å². The van der Waals surface area contributed by atoms with Crippen LogP contribution in [0.4, 0.5) is 5.69 Å². The Balaban J connectivity index is 2.25. The number of carbonyl (C=O) groups is 1. The Hall–Kier alpha value is -1.51. The van der Waals surface area contributed by atoms with Gasteiger partial charge in [-0.2, -0.15) is 0 Å². The maximum absolute atomic E-state index is 10.7. The standard InChI is InChI=1S/C13H17NO2/c1-14(2)11-5-6-12-9(7-11)3-4-10(12)8-13(15)16/h5-7,10H,3-4,8H2,1-2H3,(H,15,16). The Labute approximate surface area is 95.7 Å². The molecule has 0 saturated heterocycles. The SMILES string of the molecule is CN(C)c1ccc2c(c1)CCC2CC(=O)O. The molecule has 86 valence electrons. The van der Waals surface area contributed by atoms with Crippen LogP contribution >= 0.6 is 0 Å². The minimum absolute atomic E-state index is 0.212. The molecule has 0 aliphatic heterocycles. The molecular weight excluding hydrogens is 202 g/mol. The summed E-state index contributed by atoms with van der Waals surface area (Å²) in [6.07, 6.45) is 2.24. The fourth-order valence-corrected chi connectivity index (χ4v) is 2.39. The van der Waals surface area contributed by atoms with Crippen LogP contribution in [0.15, 0.2) is 18.2 Å². The van der Waals surface area contributed by atoms with Crippen molar-refractivity contribution in [2.24, 2.45) is 0 Å². The predicted octanol–water partition coefficient (Wildman–Crippen LogP) is 2.26. The highest BCUT2D eigenvalue weighted by Crippen LogP contribution is 2.37. The highest BCUT2D eigenvalue weighted by Gasteiger charge is 2.24. The molecule has 3 heteroatoms. The second-order valence-corrected chi connectivity index (χ2v) is 4.61. The highest BCUT2D eigenvalue weighted by molar-refractivity contribution is 5.68. The van der Waals surface area contributed by atoms with Crippen LogP contribution in [-0.2, 0) is 11.2 Å². The maximum Gasteiger partial charge on any atom is 0.303 e. The minimum Gasteiger partial charge on any atom is -0.481 e. The summed E-state index contributed by atoms with van der Waals surface area (Å²) >= 11 is 0. The van der Waals surface area contributed by atoms with Crippen molar-refractivity contribution in [1.29, 1.82) is 0 Å². The molecule has 1 aliphatic carbocycles. The van der Waals surface area contributed by atoms with E-state index in [1.807, 2.05) is 14.1 Å². The first kappa shape index (κ1) is 11.0. The number of aryl methyl sites for hydroxylation is 1. The van der Waals surface area contributed by atoms with Crippen LogP contribution in [0.25, 0.3) is 0 Å². The fraction of sp³-hybridized carbons (Fsp3) is 0.462. The Morgan fingerprint density at radius 2 is 2.25 bits per heavy atom. The van der Waals surface area contributed by atoms with E-state index in [9.17, 15) is 4.79 Å². The largest absolute Gasteiger partial charge is 0.481 e. The molecule has 3 nitrogen and oxygen atoms in total. The molecule has 1 aromatic carbocycles. The summed E-state index contributed by atoms with van der Waals surface area (Å²) in [7, 11) is 4.04. The van der Waals surface area contributed by atoms with E-state index in [0.717, 1.165) is 12.8 Å². The van der Waals surface area contributed by atoms with E-state index >= 15 is 0 Å². The summed E-state index contributed by atoms with van der Waals surface area (Å²) in [5.74, 6) is -0.488. The van der Waals surface area contributed by atoms with Gasteiger partial charge in [-0.15, -0.1) is 0 Å². The number of carboxylic acids is 1. The van der Waals surface area contributed by atoms with E-state index in [1.165, 1.54) is 16.8 Å². The van der Waals surface area contributed by atoms with Gasteiger partial charge in [-0.1, -0.05) is 6.07 Å². The van der Waals surface area contributed by atoms with Crippen molar-refractivity contribution in [1.82, 2.24) is 0 Å². The van der Waals surface area contributed by atoms with E-state index in [1.54, 1.807) is 0 Å². The monoisotopic (exact) mass is 219 g/mol. The van der Waals surface area contributed by atoms with Crippen LogP contribution in [0.5, 0.6) is 0 Å². The number of anilines is 1. The number of nitrogens with zero attached hydrogens (tertiary/aromatic N) is 1. The lowest BCUT2D eigenvalue weighted by molar-refractivity contribution is -0.137. The van der Waals surface area contributed by atoms with Crippen molar-refractivity contribution in [3.05, 3.63) is 29.3 Å². The summed E-state index contributed by atoms with van der Waals surface area (Å²) in [5, 5.41) is 8.83. The number of aliphatic carboxylic acids is 1. The fourth-order valence-electron chi connectivity index (χ4n) is 2.39. The van der Waals surface area contributed by atoms with Gasteiger partial charge in [0.05, 0.1) is 6.42 Å². The second kappa shape index (κ2) is 4.16. The first-order valence-corrected chi connectivity index (χ1v) is 5.60. The van der Waals surface area contributed by atoms with Gasteiger partial charge in [-0.3, -0.25) is 4.79 Å².